The number of fused-ring (bicyclic) bond motifs is 1. The number of aryl methyl sites for hydroxylation is 3. The Kier molecular flexibility index (Phi) is 6.29. The van der Waals surface area contributed by atoms with E-state index in [9.17, 15) is 4.79 Å². The van der Waals surface area contributed by atoms with Gasteiger partial charge in [0.1, 0.15) is 0 Å². The molecule has 0 fully saturated rings. The summed E-state index contributed by atoms with van der Waals surface area (Å²) in [6, 6.07) is 23.8. The minimum atomic E-state index is -0.908. The van der Waals surface area contributed by atoms with Crippen LogP contribution in [-0.4, -0.2) is 21.2 Å². The highest BCUT2D eigenvalue weighted by Gasteiger charge is 2.39. The maximum absolute atomic E-state index is 12.9. The summed E-state index contributed by atoms with van der Waals surface area (Å²) in [6.07, 6.45) is 3.70. The molecular weight excluding hydrogens is 470 g/mol. The first-order valence-electron chi connectivity index (χ1n) is 11.9. The van der Waals surface area contributed by atoms with E-state index in [4.69, 9.17) is 16.3 Å². The lowest BCUT2D eigenvalue weighted by molar-refractivity contribution is 0.0518. The third kappa shape index (κ3) is 3.85. The average Bonchev–Trinajstić information content (AvgIpc) is 3.37. The molecule has 182 valence electrons. The molecule has 0 aliphatic heterocycles. The Morgan fingerprint density at radius 3 is 2.44 bits per heavy atom. The van der Waals surface area contributed by atoms with Crippen LogP contribution in [0.2, 0.25) is 5.02 Å². The Labute approximate surface area is 215 Å². The number of rotatable bonds is 6. The van der Waals surface area contributed by atoms with Gasteiger partial charge in [0.25, 0.3) is 5.56 Å². The number of halogens is 1. The molecule has 5 rings (SSSR count). The van der Waals surface area contributed by atoms with Crippen LogP contribution in [-0.2, 0) is 23.9 Å². The lowest BCUT2D eigenvalue weighted by atomic mass is 9.82. The monoisotopic (exact) mass is 497 g/mol. The smallest absolute Gasteiger partial charge is 0.251 e. The maximum atomic E-state index is 12.9. The number of imidazole rings is 1. The van der Waals surface area contributed by atoms with Crippen LogP contribution in [0.3, 0.4) is 0 Å². The Morgan fingerprint density at radius 2 is 1.75 bits per heavy atom. The van der Waals surface area contributed by atoms with Gasteiger partial charge < -0.3 is 13.9 Å². The van der Waals surface area contributed by atoms with Crippen molar-refractivity contribution >= 4 is 22.5 Å². The van der Waals surface area contributed by atoms with Crippen molar-refractivity contribution in [2.75, 3.05) is 7.11 Å². The van der Waals surface area contributed by atoms with E-state index in [1.165, 1.54) is 5.56 Å². The number of pyridine rings is 1. The molecule has 3 aromatic carbocycles. The lowest BCUT2D eigenvalue weighted by Gasteiger charge is -2.35. The van der Waals surface area contributed by atoms with Crippen LogP contribution in [0.5, 0.6) is 0 Å². The minimum absolute atomic E-state index is 0.0779. The number of hydrogen-bond donors (Lipinski definition) is 0. The summed E-state index contributed by atoms with van der Waals surface area (Å²) in [6.45, 7) is 4.92. The van der Waals surface area contributed by atoms with E-state index in [1.54, 1.807) is 24.8 Å². The van der Waals surface area contributed by atoms with Gasteiger partial charge in [0.05, 0.1) is 23.7 Å². The molecule has 1 unspecified atom stereocenters. The van der Waals surface area contributed by atoms with Crippen LogP contribution in [0.25, 0.3) is 22.0 Å². The van der Waals surface area contributed by atoms with Crippen LogP contribution >= 0.6 is 11.6 Å². The molecule has 0 spiro atoms. The molecule has 0 N–H and O–H groups in total. The summed E-state index contributed by atoms with van der Waals surface area (Å²) >= 11 is 6.32. The van der Waals surface area contributed by atoms with E-state index in [2.05, 4.69) is 53.7 Å². The second kappa shape index (κ2) is 9.41. The zero-order chi connectivity index (χ0) is 25.4. The number of nitrogens with zero attached hydrogens (tertiary/aromatic N) is 3. The van der Waals surface area contributed by atoms with Gasteiger partial charge in [-0.1, -0.05) is 59.6 Å². The van der Waals surface area contributed by atoms with Gasteiger partial charge in [-0.15, -0.1) is 0 Å². The van der Waals surface area contributed by atoms with Crippen molar-refractivity contribution in [3.05, 3.63) is 123 Å². The lowest BCUT2D eigenvalue weighted by Crippen LogP contribution is -2.34. The number of methoxy groups -OCH3 is 1. The van der Waals surface area contributed by atoms with E-state index in [1.807, 2.05) is 48.9 Å². The predicted octanol–water partition coefficient (Wildman–Crippen LogP) is 6.32. The fraction of sp³-hybridized carbons (Fsp3) is 0.200. The van der Waals surface area contributed by atoms with Gasteiger partial charge in [-0.2, -0.15) is 0 Å². The Morgan fingerprint density at radius 1 is 1.00 bits per heavy atom. The molecule has 0 aliphatic carbocycles. The molecule has 2 heterocycles. The molecule has 5 nitrogen and oxygen atoms in total. The topological polar surface area (TPSA) is 49.1 Å². The third-order valence-corrected chi connectivity index (χ3v) is 7.20. The maximum Gasteiger partial charge on any atom is 0.251 e. The minimum Gasteiger partial charge on any atom is -0.362 e. The van der Waals surface area contributed by atoms with Crippen molar-refractivity contribution < 1.29 is 4.74 Å². The predicted molar refractivity (Wildman–Crippen MR) is 146 cm³/mol. The van der Waals surface area contributed by atoms with Crippen LogP contribution in [0.15, 0.2) is 90.1 Å². The molecule has 0 saturated heterocycles. The summed E-state index contributed by atoms with van der Waals surface area (Å²) in [5, 5.41) is 1.56. The van der Waals surface area contributed by atoms with Crippen molar-refractivity contribution in [1.82, 2.24) is 14.1 Å². The molecule has 0 bridgehead atoms. The summed E-state index contributed by atoms with van der Waals surface area (Å²) in [7, 11) is 3.53. The van der Waals surface area contributed by atoms with Crippen molar-refractivity contribution in [1.29, 1.82) is 0 Å². The van der Waals surface area contributed by atoms with Crippen LogP contribution < -0.4 is 5.56 Å². The van der Waals surface area contributed by atoms with Crippen molar-refractivity contribution in [2.24, 2.45) is 7.05 Å². The number of benzene rings is 3. The summed E-state index contributed by atoms with van der Waals surface area (Å²) < 4.78 is 10.2. The number of hydrogen-bond acceptors (Lipinski definition) is 3. The first-order valence-corrected chi connectivity index (χ1v) is 12.3. The fourth-order valence-electron chi connectivity index (χ4n) is 5.03. The fourth-order valence-corrected chi connectivity index (χ4v) is 5.22. The normalized spacial score (nSPS) is 13.1. The highest BCUT2D eigenvalue weighted by molar-refractivity contribution is 6.30. The molecule has 6 heteroatoms. The summed E-state index contributed by atoms with van der Waals surface area (Å²) in [5.74, 6) is 0. The standard InChI is InChI=1S/C30H28ClN3O2/c1-5-34-19-32-18-28(34)30(36-4,22-11-9-20(2)10-12-22)23-13-14-27-26(16-23)25(17-29(35)33(27)3)21-7-6-8-24(31)15-21/h6-19H,5H2,1-4H3. The molecule has 0 saturated carbocycles. The van der Waals surface area contributed by atoms with Crippen molar-refractivity contribution in [2.45, 2.75) is 26.0 Å². The Balaban J connectivity index is 1.87. The second-order valence-corrected chi connectivity index (χ2v) is 9.45. The van der Waals surface area contributed by atoms with Gasteiger partial charge in [-0.25, -0.2) is 4.98 Å². The largest absolute Gasteiger partial charge is 0.362 e. The first-order chi connectivity index (χ1) is 17.4. The summed E-state index contributed by atoms with van der Waals surface area (Å²) in [5.41, 5.74) is 5.61. The number of ether oxygens (including phenoxy) is 1. The zero-order valence-corrected chi connectivity index (χ0v) is 21.6. The zero-order valence-electron chi connectivity index (χ0n) is 20.8. The van der Waals surface area contributed by atoms with Gasteiger partial charge in [0.2, 0.25) is 0 Å². The molecule has 0 radical (unpaired) electrons. The van der Waals surface area contributed by atoms with Gasteiger partial charge in [0, 0.05) is 37.2 Å². The highest BCUT2D eigenvalue weighted by atomic mass is 35.5. The first kappa shape index (κ1) is 24.0. The molecule has 2 aromatic heterocycles. The number of aromatic nitrogens is 3. The van der Waals surface area contributed by atoms with Gasteiger partial charge in [0.15, 0.2) is 5.60 Å². The molecule has 0 aliphatic rings. The van der Waals surface area contributed by atoms with Crippen LogP contribution in [0.4, 0.5) is 0 Å². The second-order valence-electron chi connectivity index (χ2n) is 9.01. The van der Waals surface area contributed by atoms with E-state index in [0.717, 1.165) is 45.4 Å². The van der Waals surface area contributed by atoms with E-state index >= 15 is 0 Å². The van der Waals surface area contributed by atoms with Crippen LogP contribution in [0, 0.1) is 6.92 Å². The average molecular weight is 498 g/mol. The summed E-state index contributed by atoms with van der Waals surface area (Å²) in [4.78, 5) is 17.3. The third-order valence-electron chi connectivity index (χ3n) is 6.97. The Hall–Kier alpha value is -3.67. The van der Waals surface area contributed by atoms with E-state index < -0.39 is 5.60 Å². The molecule has 1 atom stereocenters. The van der Waals surface area contributed by atoms with Crippen molar-refractivity contribution in [3.63, 3.8) is 0 Å². The molecular formula is C30H28ClN3O2. The van der Waals surface area contributed by atoms with Gasteiger partial charge in [-0.05, 0) is 60.4 Å². The highest BCUT2D eigenvalue weighted by Crippen LogP contribution is 2.42. The Bertz CT molecular complexity index is 1620. The van der Waals surface area contributed by atoms with Gasteiger partial charge >= 0.3 is 0 Å². The van der Waals surface area contributed by atoms with Crippen LogP contribution in [0.1, 0.15) is 29.3 Å². The molecule has 36 heavy (non-hydrogen) atoms. The van der Waals surface area contributed by atoms with Crippen molar-refractivity contribution in [3.8, 4) is 11.1 Å². The molecule has 5 aromatic rings. The van der Waals surface area contributed by atoms with E-state index in [0.29, 0.717) is 5.02 Å². The molecule has 0 amide bonds. The van der Waals surface area contributed by atoms with Gasteiger partial charge in [-0.3, -0.25) is 4.79 Å². The SMILES string of the molecule is CCn1cncc1C(OC)(c1ccc(C)cc1)c1ccc2c(c1)c(-c1cccc(Cl)c1)cc(=O)n2C. The van der Waals surface area contributed by atoms with E-state index in [-0.39, 0.29) is 5.56 Å². The quantitative estimate of drug-likeness (QED) is 0.276.